The van der Waals surface area contributed by atoms with E-state index in [1.54, 1.807) is 6.33 Å². The third kappa shape index (κ3) is 2.79. The molecule has 0 amide bonds. The zero-order valence-corrected chi connectivity index (χ0v) is 11.5. The molecule has 2 aromatic rings. The molecule has 0 aliphatic rings. The van der Waals surface area contributed by atoms with Gasteiger partial charge in [-0.2, -0.15) is 0 Å². The Balaban J connectivity index is 2.03. The minimum atomic E-state index is 0.0902. The van der Waals surface area contributed by atoms with Gasteiger partial charge in [-0.15, -0.1) is 0 Å². The smallest absolute Gasteiger partial charge is 0.124 e. The molecule has 1 atom stereocenters. The molecule has 1 aromatic heterocycles. The van der Waals surface area contributed by atoms with Gasteiger partial charge in [-0.3, -0.25) is 0 Å². The van der Waals surface area contributed by atoms with Crippen LogP contribution in [0.1, 0.15) is 35.4 Å². The Morgan fingerprint density at radius 2 is 2.06 bits per heavy atom. The average molecular weight is 244 g/mol. The Morgan fingerprint density at radius 3 is 2.67 bits per heavy atom. The molecule has 0 aliphatic carbocycles. The van der Waals surface area contributed by atoms with Crippen LogP contribution < -0.4 is 0 Å². The summed E-state index contributed by atoms with van der Waals surface area (Å²) in [6, 6.07) is 6.47. The number of benzene rings is 1. The predicted molar refractivity (Wildman–Crippen MR) is 72.4 cm³/mol. The Hall–Kier alpha value is -1.61. The lowest BCUT2D eigenvalue weighted by molar-refractivity contribution is 0.0154. The summed E-state index contributed by atoms with van der Waals surface area (Å²) in [6.45, 7) is 8.89. The lowest BCUT2D eigenvalue weighted by atomic mass is 10.0. The quantitative estimate of drug-likeness (QED) is 0.822. The minimum absolute atomic E-state index is 0.0902. The van der Waals surface area contributed by atoms with Crippen LogP contribution >= 0.6 is 0 Å². The molecule has 0 bridgehead atoms. The maximum atomic E-state index is 5.90. The molecule has 1 heterocycles. The molecule has 0 aliphatic heterocycles. The summed E-state index contributed by atoms with van der Waals surface area (Å²) in [5.41, 5.74) is 4.93. The maximum Gasteiger partial charge on any atom is 0.124 e. The van der Waals surface area contributed by atoms with Crippen LogP contribution in [-0.4, -0.2) is 9.55 Å². The van der Waals surface area contributed by atoms with E-state index in [1.165, 1.54) is 16.7 Å². The van der Waals surface area contributed by atoms with E-state index in [0.29, 0.717) is 6.73 Å². The van der Waals surface area contributed by atoms with E-state index < -0.39 is 0 Å². The van der Waals surface area contributed by atoms with Gasteiger partial charge in [0.1, 0.15) is 6.73 Å². The highest BCUT2D eigenvalue weighted by atomic mass is 16.5. The van der Waals surface area contributed by atoms with Crippen LogP contribution in [0, 0.1) is 20.8 Å². The Morgan fingerprint density at radius 1 is 1.28 bits per heavy atom. The summed E-state index contributed by atoms with van der Waals surface area (Å²) in [4.78, 5) is 4.08. The van der Waals surface area contributed by atoms with Crippen molar-refractivity contribution in [1.29, 1.82) is 0 Å². The van der Waals surface area contributed by atoms with Crippen molar-refractivity contribution >= 4 is 0 Å². The monoisotopic (exact) mass is 244 g/mol. The molecular formula is C15H20N2O. The molecule has 1 unspecified atom stereocenters. The first-order valence-electron chi connectivity index (χ1n) is 6.23. The maximum absolute atomic E-state index is 5.90. The van der Waals surface area contributed by atoms with Gasteiger partial charge in [0.05, 0.1) is 12.4 Å². The van der Waals surface area contributed by atoms with Crippen molar-refractivity contribution in [3.63, 3.8) is 0 Å². The van der Waals surface area contributed by atoms with Gasteiger partial charge in [-0.25, -0.2) is 4.98 Å². The predicted octanol–water partition coefficient (Wildman–Crippen LogP) is 3.54. The summed E-state index contributed by atoms with van der Waals surface area (Å²) in [7, 11) is 0. The second-order valence-electron chi connectivity index (χ2n) is 4.80. The zero-order chi connectivity index (χ0) is 13.1. The highest BCUT2D eigenvalue weighted by Crippen LogP contribution is 2.22. The van der Waals surface area contributed by atoms with Gasteiger partial charge >= 0.3 is 0 Å². The molecule has 3 heteroatoms. The van der Waals surface area contributed by atoms with E-state index in [0.717, 1.165) is 5.69 Å². The molecule has 0 saturated heterocycles. The average Bonchev–Trinajstić information content (AvgIpc) is 2.72. The number of hydrogen-bond donors (Lipinski definition) is 0. The first kappa shape index (κ1) is 12.8. The van der Waals surface area contributed by atoms with Crippen molar-refractivity contribution in [2.45, 2.75) is 40.5 Å². The highest BCUT2D eigenvalue weighted by Gasteiger charge is 2.09. The number of aromatic nitrogens is 2. The van der Waals surface area contributed by atoms with Crippen LogP contribution in [0.25, 0.3) is 0 Å². The fourth-order valence-electron chi connectivity index (χ4n) is 2.09. The molecule has 96 valence electrons. The standard InChI is InChI=1S/C15H20N2O/c1-11-5-6-15(12(2)7-11)14(4)18-10-17-9-16-8-13(17)3/h5-9,14H,10H2,1-4H3. The van der Waals surface area contributed by atoms with E-state index in [2.05, 4.69) is 44.0 Å². The zero-order valence-electron chi connectivity index (χ0n) is 11.5. The van der Waals surface area contributed by atoms with Gasteiger partial charge in [0.15, 0.2) is 0 Å². The lowest BCUT2D eigenvalue weighted by Gasteiger charge is -2.17. The minimum Gasteiger partial charge on any atom is -0.353 e. The lowest BCUT2D eigenvalue weighted by Crippen LogP contribution is -2.07. The summed E-state index contributed by atoms with van der Waals surface area (Å²) >= 11 is 0. The number of nitrogens with zero attached hydrogens (tertiary/aromatic N) is 2. The van der Waals surface area contributed by atoms with Crippen LogP contribution in [0.2, 0.25) is 0 Å². The Kier molecular flexibility index (Phi) is 3.82. The summed E-state index contributed by atoms with van der Waals surface area (Å²) in [5.74, 6) is 0. The topological polar surface area (TPSA) is 27.1 Å². The largest absolute Gasteiger partial charge is 0.353 e. The summed E-state index contributed by atoms with van der Waals surface area (Å²) in [6.07, 6.45) is 3.72. The molecule has 18 heavy (non-hydrogen) atoms. The fourth-order valence-corrected chi connectivity index (χ4v) is 2.09. The Bertz CT molecular complexity index is 531. The van der Waals surface area contributed by atoms with Crippen LogP contribution in [0.15, 0.2) is 30.7 Å². The van der Waals surface area contributed by atoms with Crippen molar-refractivity contribution in [1.82, 2.24) is 9.55 Å². The van der Waals surface area contributed by atoms with Crippen LogP contribution in [0.5, 0.6) is 0 Å². The number of imidazole rings is 1. The van der Waals surface area contributed by atoms with E-state index in [9.17, 15) is 0 Å². The second kappa shape index (κ2) is 5.36. The van der Waals surface area contributed by atoms with E-state index >= 15 is 0 Å². The van der Waals surface area contributed by atoms with Gasteiger partial charge < -0.3 is 9.30 Å². The molecule has 2 rings (SSSR count). The first-order valence-corrected chi connectivity index (χ1v) is 6.23. The molecule has 0 spiro atoms. The fraction of sp³-hybridized carbons (Fsp3) is 0.400. The molecule has 3 nitrogen and oxygen atoms in total. The van der Waals surface area contributed by atoms with Crippen molar-refractivity contribution in [3.05, 3.63) is 53.1 Å². The van der Waals surface area contributed by atoms with Crippen molar-refractivity contribution in [2.75, 3.05) is 0 Å². The molecular weight excluding hydrogens is 224 g/mol. The van der Waals surface area contributed by atoms with Crippen molar-refractivity contribution in [3.8, 4) is 0 Å². The Labute approximate surface area is 108 Å². The van der Waals surface area contributed by atoms with E-state index in [4.69, 9.17) is 4.74 Å². The molecule has 0 fully saturated rings. The van der Waals surface area contributed by atoms with Crippen LogP contribution in [0.3, 0.4) is 0 Å². The summed E-state index contributed by atoms with van der Waals surface area (Å²) in [5, 5.41) is 0. The first-order chi connectivity index (χ1) is 8.58. The van der Waals surface area contributed by atoms with Crippen LogP contribution in [0.4, 0.5) is 0 Å². The third-order valence-electron chi connectivity index (χ3n) is 3.25. The molecule has 1 aromatic carbocycles. The van der Waals surface area contributed by atoms with Crippen LogP contribution in [-0.2, 0) is 11.5 Å². The summed E-state index contributed by atoms with van der Waals surface area (Å²) < 4.78 is 7.90. The van der Waals surface area contributed by atoms with Gasteiger partial charge in [-0.05, 0) is 38.8 Å². The normalized spacial score (nSPS) is 12.7. The number of hydrogen-bond acceptors (Lipinski definition) is 2. The highest BCUT2D eigenvalue weighted by molar-refractivity contribution is 5.31. The molecule has 0 N–H and O–H groups in total. The van der Waals surface area contributed by atoms with Gasteiger partial charge in [0.2, 0.25) is 0 Å². The number of ether oxygens (including phenoxy) is 1. The third-order valence-corrected chi connectivity index (χ3v) is 3.25. The molecule has 0 saturated carbocycles. The SMILES string of the molecule is Cc1ccc(C(C)OCn2cncc2C)c(C)c1. The van der Waals surface area contributed by atoms with Crippen molar-refractivity contribution < 1.29 is 4.74 Å². The van der Waals surface area contributed by atoms with Gasteiger partial charge in [0.25, 0.3) is 0 Å². The molecule has 0 radical (unpaired) electrons. The number of rotatable bonds is 4. The van der Waals surface area contributed by atoms with Gasteiger partial charge in [0, 0.05) is 11.9 Å². The van der Waals surface area contributed by atoms with E-state index in [-0.39, 0.29) is 6.10 Å². The van der Waals surface area contributed by atoms with E-state index in [1.807, 2.05) is 17.7 Å². The second-order valence-corrected chi connectivity index (χ2v) is 4.80. The van der Waals surface area contributed by atoms with Gasteiger partial charge in [-0.1, -0.05) is 23.8 Å². The number of aryl methyl sites for hydroxylation is 3. The van der Waals surface area contributed by atoms with Crippen molar-refractivity contribution in [2.24, 2.45) is 0 Å².